The maximum Gasteiger partial charge on any atom is 0.255 e. The van der Waals surface area contributed by atoms with E-state index in [1.807, 2.05) is 47.4 Å². The zero-order valence-electron chi connectivity index (χ0n) is 17.9. The van der Waals surface area contributed by atoms with Crippen LogP contribution in [0.15, 0.2) is 67.3 Å². The standard InChI is InChI=1S/C25H27N5O2/c31-17-19-4-8-20(9-5-19)28-25(32)22-16-29(23-3-1-12-26-24(22)23)15-18-6-10-21(11-7-18)30-14-2-13-27-30/h1-3,6-7,10-14,16,19-20,31H,4-5,8-9,15,17H2,(H,28,32). The molecule has 1 saturated carbocycles. The van der Waals surface area contributed by atoms with Gasteiger partial charge >= 0.3 is 0 Å². The molecule has 1 amide bonds. The first kappa shape index (κ1) is 20.5. The molecule has 0 saturated heterocycles. The number of aliphatic hydroxyl groups is 1. The molecule has 1 fully saturated rings. The molecule has 0 aliphatic heterocycles. The van der Waals surface area contributed by atoms with Gasteiger partial charge in [-0.15, -0.1) is 0 Å². The summed E-state index contributed by atoms with van der Waals surface area (Å²) in [6.07, 6.45) is 11.0. The Morgan fingerprint density at radius 2 is 1.88 bits per heavy atom. The van der Waals surface area contributed by atoms with Crippen LogP contribution in [0.5, 0.6) is 0 Å². The van der Waals surface area contributed by atoms with Crippen molar-refractivity contribution in [2.75, 3.05) is 6.61 Å². The van der Waals surface area contributed by atoms with Crippen molar-refractivity contribution >= 4 is 16.9 Å². The lowest BCUT2D eigenvalue weighted by Gasteiger charge is -2.27. The monoisotopic (exact) mass is 429 g/mol. The number of hydrogen-bond donors (Lipinski definition) is 2. The van der Waals surface area contributed by atoms with Crippen LogP contribution in [0.4, 0.5) is 0 Å². The number of benzene rings is 1. The molecule has 0 spiro atoms. The van der Waals surface area contributed by atoms with Gasteiger partial charge in [-0.3, -0.25) is 9.78 Å². The van der Waals surface area contributed by atoms with Gasteiger partial charge in [-0.05, 0) is 67.5 Å². The Labute approximate surface area is 186 Å². The number of aliphatic hydroxyl groups excluding tert-OH is 1. The summed E-state index contributed by atoms with van der Waals surface area (Å²) in [5.74, 6) is 0.292. The highest BCUT2D eigenvalue weighted by molar-refractivity contribution is 6.05. The van der Waals surface area contributed by atoms with Crippen LogP contribution in [0.1, 0.15) is 41.6 Å². The number of carbonyl (C=O) groups is 1. The van der Waals surface area contributed by atoms with Gasteiger partial charge in [0.2, 0.25) is 0 Å². The minimum Gasteiger partial charge on any atom is -0.396 e. The van der Waals surface area contributed by atoms with Gasteiger partial charge in [0.25, 0.3) is 5.91 Å². The van der Waals surface area contributed by atoms with Gasteiger partial charge in [0.1, 0.15) is 5.52 Å². The molecular weight excluding hydrogens is 402 g/mol. The van der Waals surface area contributed by atoms with Crippen LogP contribution < -0.4 is 5.32 Å². The van der Waals surface area contributed by atoms with Gasteiger partial charge in [0.15, 0.2) is 0 Å². The lowest BCUT2D eigenvalue weighted by molar-refractivity contribution is 0.0915. The zero-order chi connectivity index (χ0) is 21.9. The summed E-state index contributed by atoms with van der Waals surface area (Å²) in [6, 6.07) is 14.2. The molecular formula is C25H27N5O2. The summed E-state index contributed by atoms with van der Waals surface area (Å²) in [6.45, 7) is 0.886. The molecule has 2 N–H and O–H groups in total. The summed E-state index contributed by atoms with van der Waals surface area (Å²) in [4.78, 5) is 17.6. The summed E-state index contributed by atoms with van der Waals surface area (Å²) in [5.41, 5.74) is 4.42. The molecule has 0 radical (unpaired) electrons. The predicted octanol–water partition coefficient (Wildman–Crippen LogP) is 3.55. The number of rotatable bonds is 6. The van der Waals surface area contributed by atoms with E-state index in [-0.39, 0.29) is 18.6 Å². The number of hydrogen-bond acceptors (Lipinski definition) is 4. The van der Waals surface area contributed by atoms with E-state index in [9.17, 15) is 9.90 Å². The molecule has 0 atom stereocenters. The highest BCUT2D eigenvalue weighted by Gasteiger charge is 2.24. The average Bonchev–Trinajstić information content (AvgIpc) is 3.49. The number of fused-ring (bicyclic) bond motifs is 1. The maximum absolute atomic E-state index is 13.1. The Hall–Kier alpha value is -3.45. The third kappa shape index (κ3) is 4.16. The molecule has 164 valence electrons. The smallest absolute Gasteiger partial charge is 0.255 e. The molecule has 32 heavy (non-hydrogen) atoms. The first-order valence-corrected chi connectivity index (χ1v) is 11.2. The van der Waals surface area contributed by atoms with Crippen molar-refractivity contribution in [3.8, 4) is 5.69 Å². The van der Waals surface area contributed by atoms with Crippen LogP contribution in [0, 0.1) is 5.92 Å². The largest absolute Gasteiger partial charge is 0.396 e. The number of pyridine rings is 1. The number of carbonyl (C=O) groups excluding carboxylic acids is 1. The Bertz CT molecular complexity index is 1190. The Balaban J connectivity index is 1.35. The minimum atomic E-state index is -0.0751. The van der Waals surface area contributed by atoms with E-state index < -0.39 is 0 Å². The fraction of sp³-hybridized carbons (Fsp3) is 0.320. The van der Waals surface area contributed by atoms with Crippen molar-refractivity contribution in [2.24, 2.45) is 5.92 Å². The van der Waals surface area contributed by atoms with E-state index in [0.717, 1.165) is 48.0 Å². The maximum atomic E-state index is 13.1. The van der Waals surface area contributed by atoms with E-state index in [1.54, 1.807) is 12.4 Å². The summed E-state index contributed by atoms with van der Waals surface area (Å²) in [7, 11) is 0. The lowest BCUT2D eigenvalue weighted by atomic mass is 9.86. The topological polar surface area (TPSA) is 85.0 Å². The number of aromatic nitrogens is 4. The molecule has 7 heteroatoms. The second kappa shape index (κ2) is 8.96. The van der Waals surface area contributed by atoms with Crippen LogP contribution in [0.3, 0.4) is 0 Å². The Morgan fingerprint density at radius 3 is 2.59 bits per heavy atom. The van der Waals surface area contributed by atoms with Crippen molar-refractivity contribution in [3.63, 3.8) is 0 Å². The predicted molar refractivity (Wildman–Crippen MR) is 123 cm³/mol. The van der Waals surface area contributed by atoms with Crippen LogP contribution >= 0.6 is 0 Å². The second-order valence-electron chi connectivity index (χ2n) is 8.53. The SMILES string of the molecule is O=C(NC1CCC(CO)CC1)c1cn(Cc2ccc(-n3cccn3)cc2)c2cccnc12. The van der Waals surface area contributed by atoms with Crippen LogP contribution in [-0.4, -0.2) is 43.0 Å². The number of nitrogens with one attached hydrogen (secondary N) is 1. The highest BCUT2D eigenvalue weighted by Crippen LogP contribution is 2.25. The van der Waals surface area contributed by atoms with Crippen molar-refractivity contribution < 1.29 is 9.90 Å². The zero-order valence-corrected chi connectivity index (χ0v) is 17.9. The van der Waals surface area contributed by atoms with Crippen molar-refractivity contribution in [1.82, 2.24) is 24.6 Å². The van der Waals surface area contributed by atoms with E-state index in [0.29, 0.717) is 18.0 Å². The molecule has 0 unspecified atom stereocenters. The van der Waals surface area contributed by atoms with Gasteiger partial charge in [-0.2, -0.15) is 5.10 Å². The third-order valence-corrected chi connectivity index (χ3v) is 6.38. The molecule has 1 aliphatic carbocycles. The van der Waals surface area contributed by atoms with E-state index in [4.69, 9.17) is 0 Å². The summed E-state index contributed by atoms with van der Waals surface area (Å²) in [5, 5.41) is 16.8. The van der Waals surface area contributed by atoms with Crippen LogP contribution in [-0.2, 0) is 6.54 Å². The Kier molecular flexibility index (Phi) is 5.73. The first-order valence-electron chi connectivity index (χ1n) is 11.2. The van der Waals surface area contributed by atoms with E-state index in [1.165, 1.54) is 0 Å². The van der Waals surface area contributed by atoms with Crippen LogP contribution in [0.2, 0.25) is 0 Å². The minimum absolute atomic E-state index is 0.0751. The number of amides is 1. The van der Waals surface area contributed by atoms with Gasteiger partial charge in [0, 0.05) is 44.0 Å². The molecule has 1 aliphatic rings. The second-order valence-corrected chi connectivity index (χ2v) is 8.53. The van der Waals surface area contributed by atoms with Gasteiger partial charge in [0.05, 0.1) is 16.8 Å². The van der Waals surface area contributed by atoms with Crippen LogP contribution in [0.25, 0.3) is 16.7 Å². The van der Waals surface area contributed by atoms with Crippen molar-refractivity contribution in [3.05, 3.63) is 78.4 Å². The number of nitrogens with zero attached hydrogens (tertiary/aromatic N) is 4. The molecule has 7 nitrogen and oxygen atoms in total. The first-order chi connectivity index (χ1) is 15.7. The van der Waals surface area contributed by atoms with Gasteiger partial charge in [-0.25, -0.2) is 4.68 Å². The van der Waals surface area contributed by atoms with E-state index in [2.05, 4.69) is 32.1 Å². The quantitative estimate of drug-likeness (QED) is 0.491. The Morgan fingerprint density at radius 1 is 1.06 bits per heavy atom. The molecule has 0 bridgehead atoms. The molecule has 1 aromatic carbocycles. The summed E-state index contributed by atoms with van der Waals surface area (Å²) < 4.78 is 3.91. The van der Waals surface area contributed by atoms with Gasteiger partial charge in [-0.1, -0.05) is 12.1 Å². The molecule has 3 aromatic heterocycles. The molecule has 5 rings (SSSR count). The average molecular weight is 430 g/mol. The van der Waals surface area contributed by atoms with Crippen molar-refractivity contribution in [1.29, 1.82) is 0 Å². The van der Waals surface area contributed by atoms with E-state index >= 15 is 0 Å². The molecule has 4 aromatic rings. The highest BCUT2D eigenvalue weighted by atomic mass is 16.3. The molecule has 3 heterocycles. The normalized spacial score (nSPS) is 18.7. The lowest BCUT2D eigenvalue weighted by Crippen LogP contribution is -2.38. The third-order valence-electron chi connectivity index (χ3n) is 6.38. The van der Waals surface area contributed by atoms with Gasteiger partial charge < -0.3 is 15.0 Å². The fourth-order valence-electron chi connectivity index (χ4n) is 4.54. The van der Waals surface area contributed by atoms with Crippen molar-refractivity contribution in [2.45, 2.75) is 38.3 Å². The summed E-state index contributed by atoms with van der Waals surface area (Å²) >= 11 is 0. The fourth-order valence-corrected chi connectivity index (χ4v) is 4.54.